The number of carbonyl (C=O) groups excluding carboxylic acids is 1. The first-order valence-corrected chi connectivity index (χ1v) is 6.08. The fraction of sp³-hybridized carbons (Fsp3) is 0.533. The molecule has 1 aliphatic carbocycles. The molecule has 0 bridgehead atoms. The smallest absolute Gasteiger partial charge is 0.123 e. The standard InChI is InChI=1S/C15H20O/c1-15(2,3)14-7-6-12-8-11(10-16)4-5-13(12)9-14/h6-7,9-11H,4-5,8H2,1-3H3/t11-/m0/s1. The third-order valence-electron chi connectivity index (χ3n) is 3.53. The highest BCUT2D eigenvalue weighted by Gasteiger charge is 2.20. The van der Waals surface area contributed by atoms with Crippen LogP contribution in [-0.2, 0) is 23.1 Å². The maximum absolute atomic E-state index is 10.8. The zero-order valence-corrected chi connectivity index (χ0v) is 10.4. The van der Waals surface area contributed by atoms with E-state index in [0.29, 0.717) is 0 Å². The molecule has 0 amide bonds. The van der Waals surface area contributed by atoms with Gasteiger partial charge in [0.05, 0.1) is 0 Å². The number of rotatable bonds is 1. The van der Waals surface area contributed by atoms with Crippen molar-refractivity contribution in [2.75, 3.05) is 0 Å². The van der Waals surface area contributed by atoms with Crippen LogP contribution >= 0.6 is 0 Å². The van der Waals surface area contributed by atoms with Crippen LogP contribution in [0.2, 0.25) is 0 Å². The molecule has 1 nitrogen and oxygen atoms in total. The summed E-state index contributed by atoms with van der Waals surface area (Å²) in [4.78, 5) is 10.8. The molecule has 2 rings (SSSR count). The number of carbonyl (C=O) groups is 1. The first-order valence-electron chi connectivity index (χ1n) is 6.08. The minimum absolute atomic E-state index is 0.219. The molecular formula is C15H20O. The summed E-state index contributed by atoms with van der Waals surface area (Å²) in [6, 6.07) is 6.76. The summed E-state index contributed by atoms with van der Waals surface area (Å²) in [6.45, 7) is 6.73. The molecule has 86 valence electrons. The molecule has 1 aliphatic rings. The zero-order chi connectivity index (χ0) is 11.8. The van der Waals surface area contributed by atoms with E-state index in [1.165, 1.54) is 16.7 Å². The Balaban J connectivity index is 2.31. The van der Waals surface area contributed by atoms with Crippen LogP contribution in [0.25, 0.3) is 0 Å². The van der Waals surface area contributed by atoms with Gasteiger partial charge in [0.25, 0.3) is 0 Å². The van der Waals surface area contributed by atoms with Gasteiger partial charge in [0.15, 0.2) is 0 Å². The predicted molar refractivity (Wildman–Crippen MR) is 66.7 cm³/mol. The Labute approximate surface area is 97.9 Å². The van der Waals surface area contributed by atoms with Crippen LogP contribution in [0.4, 0.5) is 0 Å². The van der Waals surface area contributed by atoms with E-state index >= 15 is 0 Å². The second kappa shape index (κ2) is 4.04. The largest absolute Gasteiger partial charge is 0.303 e. The monoisotopic (exact) mass is 216 g/mol. The lowest BCUT2D eigenvalue weighted by molar-refractivity contribution is -0.111. The summed E-state index contributed by atoms with van der Waals surface area (Å²) >= 11 is 0. The van der Waals surface area contributed by atoms with Gasteiger partial charge in [0.1, 0.15) is 6.29 Å². The van der Waals surface area contributed by atoms with Crippen LogP contribution in [0.3, 0.4) is 0 Å². The highest BCUT2D eigenvalue weighted by atomic mass is 16.1. The summed E-state index contributed by atoms with van der Waals surface area (Å²) in [5.41, 5.74) is 4.44. The molecule has 0 radical (unpaired) electrons. The molecule has 0 aromatic heterocycles. The van der Waals surface area contributed by atoms with E-state index in [1.54, 1.807) is 0 Å². The van der Waals surface area contributed by atoms with Crippen LogP contribution in [0, 0.1) is 5.92 Å². The van der Waals surface area contributed by atoms with Gasteiger partial charge < -0.3 is 4.79 Å². The van der Waals surface area contributed by atoms with Gasteiger partial charge in [-0.2, -0.15) is 0 Å². The normalized spacial score (nSPS) is 20.3. The van der Waals surface area contributed by atoms with Gasteiger partial charge in [0.2, 0.25) is 0 Å². The van der Waals surface area contributed by atoms with Gasteiger partial charge in [-0.1, -0.05) is 39.0 Å². The first kappa shape index (κ1) is 11.4. The zero-order valence-electron chi connectivity index (χ0n) is 10.4. The highest BCUT2D eigenvalue weighted by molar-refractivity contribution is 5.56. The van der Waals surface area contributed by atoms with Crippen LogP contribution in [-0.4, -0.2) is 6.29 Å². The molecule has 1 aromatic carbocycles. The molecule has 0 N–H and O–H groups in total. The average molecular weight is 216 g/mol. The fourth-order valence-electron chi connectivity index (χ4n) is 2.37. The third-order valence-corrected chi connectivity index (χ3v) is 3.53. The van der Waals surface area contributed by atoms with E-state index in [2.05, 4.69) is 39.0 Å². The van der Waals surface area contributed by atoms with E-state index in [1.807, 2.05) is 0 Å². The van der Waals surface area contributed by atoms with Gasteiger partial charge in [-0.3, -0.25) is 0 Å². The van der Waals surface area contributed by atoms with Crippen LogP contribution in [0.5, 0.6) is 0 Å². The number of fused-ring (bicyclic) bond motifs is 1. The van der Waals surface area contributed by atoms with E-state index in [-0.39, 0.29) is 11.3 Å². The Morgan fingerprint density at radius 1 is 1.25 bits per heavy atom. The van der Waals surface area contributed by atoms with Crippen molar-refractivity contribution in [3.63, 3.8) is 0 Å². The molecule has 0 unspecified atom stereocenters. The quantitative estimate of drug-likeness (QED) is 0.658. The second-order valence-electron chi connectivity index (χ2n) is 5.87. The van der Waals surface area contributed by atoms with Crippen molar-refractivity contribution in [3.05, 3.63) is 34.9 Å². The topological polar surface area (TPSA) is 17.1 Å². The average Bonchev–Trinajstić information content (AvgIpc) is 2.26. The molecule has 1 aromatic rings. The minimum Gasteiger partial charge on any atom is -0.303 e. The van der Waals surface area contributed by atoms with Crippen molar-refractivity contribution < 1.29 is 4.79 Å². The molecule has 0 heterocycles. The van der Waals surface area contributed by atoms with E-state index in [9.17, 15) is 4.79 Å². The molecule has 0 spiro atoms. The number of aldehydes is 1. The van der Waals surface area contributed by atoms with Crippen LogP contribution < -0.4 is 0 Å². The molecule has 0 aliphatic heterocycles. The van der Waals surface area contributed by atoms with Crippen molar-refractivity contribution in [2.45, 2.75) is 45.4 Å². The summed E-state index contributed by atoms with van der Waals surface area (Å²) < 4.78 is 0. The van der Waals surface area contributed by atoms with Crippen molar-refractivity contribution in [2.24, 2.45) is 5.92 Å². The maximum atomic E-state index is 10.8. The van der Waals surface area contributed by atoms with Gasteiger partial charge in [-0.05, 0) is 41.4 Å². The lowest BCUT2D eigenvalue weighted by atomic mass is 9.80. The van der Waals surface area contributed by atoms with Crippen LogP contribution in [0.1, 0.15) is 43.9 Å². The maximum Gasteiger partial charge on any atom is 0.123 e. The second-order valence-corrected chi connectivity index (χ2v) is 5.87. The Kier molecular flexibility index (Phi) is 2.88. The molecule has 1 heteroatoms. The van der Waals surface area contributed by atoms with E-state index in [0.717, 1.165) is 25.5 Å². The van der Waals surface area contributed by atoms with Gasteiger partial charge in [-0.15, -0.1) is 0 Å². The first-order chi connectivity index (χ1) is 7.50. The Bertz CT molecular complexity index is 398. The molecule has 0 saturated heterocycles. The van der Waals surface area contributed by atoms with E-state index in [4.69, 9.17) is 0 Å². The Morgan fingerprint density at radius 2 is 2.00 bits per heavy atom. The SMILES string of the molecule is CC(C)(C)c1ccc2c(c1)CC[C@H](C=O)C2. The van der Waals surface area contributed by atoms with Crippen molar-refractivity contribution in [3.8, 4) is 0 Å². The molecule has 0 saturated carbocycles. The predicted octanol–water partition coefficient (Wildman–Crippen LogP) is 3.29. The summed E-state index contributed by atoms with van der Waals surface area (Å²) in [5.74, 6) is 0.244. The van der Waals surface area contributed by atoms with Gasteiger partial charge >= 0.3 is 0 Å². The van der Waals surface area contributed by atoms with Gasteiger partial charge in [0, 0.05) is 5.92 Å². The number of hydrogen-bond donors (Lipinski definition) is 0. The lowest BCUT2D eigenvalue weighted by Crippen LogP contribution is -2.17. The van der Waals surface area contributed by atoms with Crippen molar-refractivity contribution >= 4 is 6.29 Å². The minimum atomic E-state index is 0.219. The van der Waals surface area contributed by atoms with Crippen LogP contribution in [0.15, 0.2) is 18.2 Å². The summed E-state index contributed by atoms with van der Waals surface area (Å²) in [5, 5.41) is 0. The van der Waals surface area contributed by atoms with Gasteiger partial charge in [-0.25, -0.2) is 0 Å². The van der Waals surface area contributed by atoms with E-state index < -0.39 is 0 Å². The number of benzene rings is 1. The molecule has 16 heavy (non-hydrogen) atoms. The fourth-order valence-corrected chi connectivity index (χ4v) is 2.37. The highest BCUT2D eigenvalue weighted by Crippen LogP contribution is 2.29. The number of aryl methyl sites for hydroxylation is 1. The molecule has 0 fully saturated rings. The Morgan fingerprint density at radius 3 is 2.62 bits per heavy atom. The Hall–Kier alpha value is -1.11. The number of hydrogen-bond acceptors (Lipinski definition) is 1. The lowest BCUT2D eigenvalue weighted by Gasteiger charge is -2.25. The molecule has 1 atom stereocenters. The van der Waals surface area contributed by atoms with Crippen molar-refractivity contribution in [1.82, 2.24) is 0 Å². The summed E-state index contributed by atoms with van der Waals surface area (Å²) in [6.07, 6.45) is 4.12. The third kappa shape index (κ3) is 2.18. The molecular weight excluding hydrogens is 196 g/mol. The summed E-state index contributed by atoms with van der Waals surface area (Å²) in [7, 11) is 0. The van der Waals surface area contributed by atoms with Crippen molar-refractivity contribution in [1.29, 1.82) is 0 Å².